The molecule has 100 valence electrons. The molecule has 0 radical (unpaired) electrons. The second kappa shape index (κ2) is 6.75. The van der Waals surface area contributed by atoms with E-state index in [-0.39, 0.29) is 6.42 Å². The standard InChI is InChI=1S/C15H18N2O2/c18-15(19)6-3-9-16-11-17-14-8-7-12-4-1-2-5-13(12)10-14/h1-2,4-5,7-8,10,16-17H,3,6,9,11H2,(H,18,19). The molecule has 4 nitrogen and oxygen atoms in total. The SMILES string of the molecule is O=C(O)CCCNCNc1ccc2ccccc2c1. The molecule has 4 heteroatoms. The predicted octanol–water partition coefficient (Wildman–Crippen LogP) is 2.66. The third kappa shape index (κ3) is 4.26. The zero-order chi connectivity index (χ0) is 13.5. The van der Waals surface area contributed by atoms with E-state index in [4.69, 9.17) is 5.11 Å². The number of nitrogens with one attached hydrogen (secondary N) is 2. The molecule has 2 rings (SSSR count). The molecule has 0 aliphatic heterocycles. The molecule has 0 aliphatic carbocycles. The smallest absolute Gasteiger partial charge is 0.303 e. The van der Waals surface area contributed by atoms with Crippen LogP contribution >= 0.6 is 0 Å². The highest BCUT2D eigenvalue weighted by Crippen LogP contribution is 2.18. The van der Waals surface area contributed by atoms with Crippen LogP contribution in [0.2, 0.25) is 0 Å². The van der Waals surface area contributed by atoms with Crippen molar-refractivity contribution in [2.24, 2.45) is 0 Å². The molecule has 0 heterocycles. The minimum absolute atomic E-state index is 0.211. The lowest BCUT2D eigenvalue weighted by atomic mass is 10.1. The number of benzene rings is 2. The van der Waals surface area contributed by atoms with Gasteiger partial charge in [-0.3, -0.25) is 4.79 Å². The minimum Gasteiger partial charge on any atom is -0.481 e. The summed E-state index contributed by atoms with van der Waals surface area (Å²) < 4.78 is 0. The van der Waals surface area contributed by atoms with Gasteiger partial charge < -0.3 is 15.7 Å². The van der Waals surface area contributed by atoms with Gasteiger partial charge in [-0.05, 0) is 35.9 Å². The third-order valence-electron chi connectivity index (χ3n) is 2.91. The van der Waals surface area contributed by atoms with Crippen LogP contribution < -0.4 is 10.6 Å². The van der Waals surface area contributed by atoms with E-state index in [2.05, 4.69) is 34.9 Å². The molecule has 0 atom stereocenters. The van der Waals surface area contributed by atoms with Crippen LogP contribution in [0.3, 0.4) is 0 Å². The first-order valence-corrected chi connectivity index (χ1v) is 6.41. The summed E-state index contributed by atoms with van der Waals surface area (Å²) in [5, 5.41) is 17.4. The third-order valence-corrected chi connectivity index (χ3v) is 2.91. The second-order valence-corrected chi connectivity index (χ2v) is 4.41. The molecule has 0 saturated carbocycles. The monoisotopic (exact) mass is 258 g/mol. The fourth-order valence-electron chi connectivity index (χ4n) is 1.92. The molecule has 0 amide bonds. The molecular formula is C15H18N2O2. The lowest BCUT2D eigenvalue weighted by molar-refractivity contribution is -0.137. The van der Waals surface area contributed by atoms with E-state index in [1.807, 2.05) is 18.2 Å². The Labute approximate surface area is 112 Å². The van der Waals surface area contributed by atoms with E-state index in [9.17, 15) is 4.79 Å². The van der Waals surface area contributed by atoms with E-state index in [0.29, 0.717) is 19.6 Å². The van der Waals surface area contributed by atoms with Crippen molar-refractivity contribution >= 4 is 22.4 Å². The van der Waals surface area contributed by atoms with E-state index in [1.54, 1.807) is 0 Å². The van der Waals surface area contributed by atoms with Crippen LogP contribution in [-0.4, -0.2) is 24.3 Å². The Bertz CT molecular complexity index is 555. The van der Waals surface area contributed by atoms with E-state index in [1.165, 1.54) is 10.8 Å². The maximum absolute atomic E-state index is 10.3. The summed E-state index contributed by atoms with van der Waals surface area (Å²) in [5.41, 5.74) is 1.06. The highest BCUT2D eigenvalue weighted by Gasteiger charge is 1.97. The van der Waals surface area contributed by atoms with Crippen LogP contribution in [0.4, 0.5) is 5.69 Å². The van der Waals surface area contributed by atoms with Crippen LogP contribution in [0, 0.1) is 0 Å². The summed E-state index contributed by atoms with van der Waals surface area (Å²) in [5.74, 6) is -0.746. The number of hydrogen-bond acceptors (Lipinski definition) is 3. The van der Waals surface area contributed by atoms with Crippen LogP contribution in [0.15, 0.2) is 42.5 Å². The number of hydrogen-bond donors (Lipinski definition) is 3. The average Bonchev–Trinajstić information content (AvgIpc) is 2.42. The van der Waals surface area contributed by atoms with Crippen molar-refractivity contribution in [3.63, 3.8) is 0 Å². The van der Waals surface area contributed by atoms with Crippen LogP contribution in [0.25, 0.3) is 10.8 Å². The zero-order valence-electron chi connectivity index (χ0n) is 10.7. The molecule has 0 spiro atoms. The highest BCUT2D eigenvalue weighted by molar-refractivity contribution is 5.85. The Kier molecular flexibility index (Phi) is 4.75. The molecule has 0 fully saturated rings. The number of anilines is 1. The number of carbonyl (C=O) groups is 1. The Morgan fingerprint density at radius 3 is 2.68 bits per heavy atom. The Morgan fingerprint density at radius 2 is 1.89 bits per heavy atom. The van der Waals surface area contributed by atoms with Gasteiger partial charge in [0.25, 0.3) is 0 Å². The topological polar surface area (TPSA) is 61.4 Å². The van der Waals surface area contributed by atoms with Crippen LogP contribution in [-0.2, 0) is 4.79 Å². The normalized spacial score (nSPS) is 10.5. The first-order chi connectivity index (χ1) is 9.25. The number of aliphatic carboxylic acids is 1. The minimum atomic E-state index is -0.746. The molecule has 0 bridgehead atoms. The van der Waals surface area contributed by atoms with Crippen LogP contribution in [0.1, 0.15) is 12.8 Å². The van der Waals surface area contributed by atoms with Gasteiger partial charge in [-0.15, -0.1) is 0 Å². The van der Waals surface area contributed by atoms with Crippen molar-refractivity contribution < 1.29 is 9.90 Å². The fourth-order valence-corrected chi connectivity index (χ4v) is 1.92. The van der Waals surface area contributed by atoms with E-state index >= 15 is 0 Å². The van der Waals surface area contributed by atoms with Gasteiger partial charge in [-0.1, -0.05) is 30.3 Å². The first-order valence-electron chi connectivity index (χ1n) is 6.41. The van der Waals surface area contributed by atoms with Gasteiger partial charge in [0.05, 0.1) is 6.67 Å². The molecular weight excluding hydrogens is 240 g/mol. The summed E-state index contributed by atoms with van der Waals surface area (Å²) in [7, 11) is 0. The van der Waals surface area contributed by atoms with E-state index < -0.39 is 5.97 Å². The average molecular weight is 258 g/mol. The number of rotatable bonds is 7. The summed E-state index contributed by atoms with van der Waals surface area (Å²) in [6.07, 6.45) is 0.859. The van der Waals surface area contributed by atoms with Crippen molar-refractivity contribution in [1.82, 2.24) is 5.32 Å². The lowest BCUT2D eigenvalue weighted by Crippen LogP contribution is -2.23. The van der Waals surface area contributed by atoms with Gasteiger partial charge >= 0.3 is 5.97 Å². The fraction of sp³-hybridized carbons (Fsp3) is 0.267. The van der Waals surface area contributed by atoms with Crippen molar-refractivity contribution in [1.29, 1.82) is 0 Å². The molecule has 2 aromatic carbocycles. The van der Waals surface area contributed by atoms with Gasteiger partial charge in [-0.2, -0.15) is 0 Å². The van der Waals surface area contributed by atoms with Crippen molar-refractivity contribution in [3.8, 4) is 0 Å². The lowest BCUT2D eigenvalue weighted by Gasteiger charge is -2.08. The Balaban J connectivity index is 1.77. The van der Waals surface area contributed by atoms with Crippen molar-refractivity contribution in [2.75, 3.05) is 18.5 Å². The molecule has 2 aromatic rings. The quantitative estimate of drug-likeness (QED) is 0.528. The Morgan fingerprint density at radius 1 is 1.11 bits per heavy atom. The summed E-state index contributed by atoms with van der Waals surface area (Å²) in [4.78, 5) is 10.3. The zero-order valence-corrected chi connectivity index (χ0v) is 10.7. The van der Waals surface area contributed by atoms with Gasteiger partial charge in [0.15, 0.2) is 0 Å². The summed E-state index contributed by atoms with van der Waals surface area (Å²) in [6.45, 7) is 1.34. The molecule has 0 aliphatic rings. The summed E-state index contributed by atoms with van der Waals surface area (Å²) in [6, 6.07) is 14.5. The molecule has 19 heavy (non-hydrogen) atoms. The number of fused-ring (bicyclic) bond motifs is 1. The molecule has 0 unspecified atom stereocenters. The van der Waals surface area contributed by atoms with Crippen LogP contribution in [0.5, 0.6) is 0 Å². The first kappa shape index (κ1) is 13.4. The van der Waals surface area contributed by atoms with Gasteiger partial charge in [0.2, 0.25) is 0 Å². The Hall–Kier alpha value is -2.07. The summed E-state index contributed by atoms with van der Waals surface area (Å²) >= 11 is 0. The largest absolute Gasteiger partial charge is 0.481 e. The number of carboxylic acids is 1. The molecule has 3 N–H and O–H groups in total. The predicted molar refractivity (Wildman–Crippen MR) is 77.3 cm³/mol. The molecule has 0 saturated heterocycles. The van der Waals surface area contributed by atoms with Gasteiger partial charge in [-0.25, -0.2) is 0 Å². The van der Waals surface area contributed by atoms with Crippen molar-refractivity contribution in [2.45, 2.75) is 12.8 Å². The maximum atomic E-state index is 10.3. The van der Waals surface area contributed by atoms with E-state index in [0.717, 1.165) is 5.69 Å². The van der Waals surface area contributed by atoms with Gasteiger partial charge in [0, 0.05) is 12.1 Å². The maximum Gasteiger partial charge on any atom is 0.303 e. The molecule has 0 aromatic heterocycles. The number of carboxylic acid groups (broad SMARTS) is 1. The van der Waals surface area contributed by atoms with Crippen molar-refractivity contribution in [3.05, 3.63) is 42.5 Å². The highest BCUT2D eigenvalue weighted by atomic mass is 16.4. The second-order valence-electron chi connectivity index (χ2n) is 4.41. The van der Waals surface area contributed by atoms with Gasteiger partial charge in [0.1, 0.15) is 0 Å².